The molecule has 0 N–H and O–H groups in total. The first-order chi connectivity index (χ1) is 22.5. The summed E-state index contributed by atoms with van der Waals surface area (Å²) in [5.41, 5.74) is 25.6. The van der Waals surface area contributed by atoms with E-state index >= 15 is 0 Å². The molecule has 0 saturated heterocycles. The van der Waals surface area contributed by atoms with Gasteiger partial charge in [0.2, 0.25) is 11.4 Å². The van der Waals surface area contributed by atoms with Crippen molar-refractivity contribution in [3.8, 4) is 0 Å². The fraction of sp³-hybridized carbons (Fsp3) is 0.636. The molecule has 46 heavy (non-hydrogen) atoms. The molecule has 2 aromatic rings. The van der Waals surface area contributed by atoms with Gasteiger partial charge in [0, 0.05) is 22.3 Å². The zero-order valence-corrected chi connectivity index (χ0v) is 30.9. The fourth-order valence-electron chi connectivity index (χ4n) is 7.16. The molecule has 0 atom stereocenters. The normalized spacial score (nSPS) is 13.5. The second kappa shape index (κ2) is 21.4. The second-order valence-electron chi connectivity index (χ2n) is 14.1. The second-order valence-corrected chi connectivity index (χ2v) is 14.1. The highest BCUT2D eigenvalue weighted by Crippen LogP contribution is 2.45. The zero-order chi connectivity index (χ0) is 33.1. The smallest absolute Gasteiger partial charge is 0.211 e. The highest BCUT2D eigenvalue weighted by atomic mass is 15.2. The summed E-state index contributed by atoms with van der Waals surface area (Å²) in [5, 5.41) is 0. The van der Waals surface area contributed by atoms with Crippen LogP contribution in [-0.4, -0.2) is 4.70 Å². The fourth-order valence-corrected chi connectivity index (χ4v) is 7.16. The van der Waals surface area contributed by atoms with Crippen LogP contribution in [0, 0.1) is 0 Å². The van der Waals surface area contributed by atoms with Crippen LogP contribution in [0.5, 0.6) is 0 Å². The maximum absolute atomic E-state index is 12.5. The molecule has 0 unspecified atom stereocenters. The molecule has 254 valence electrons. The van der Waals surface area contributed by atoms with Gasteiger partial charge < -0.3 is 5.53 Å². The Balaban J connectivity index is 2.20. The van der Waals surface area contributed by atoms with Crippen LogP contribution in [-0.2, 0) is 25.7 Å². The number of benzene rings is 2. The van der Waals surface area contributed by atoms with Gasteiger partial charge in [-0.25, -0.2) is 4.70 Å². The van der Waals surface area contributed by atoms with E-state index in [-0.39, 0.29) is 0 Å². The molecule has 2 aromatic carbocycles. The summed E-state index contributed by atoms with van der Waals surface area (Å²) in [7, 11) is 0. The number of rotatable bonds is 24. The standard InChI is InChI=1S/C44H68N2/c1-7-13-19-22-28-42-41(27-18-12-6)43(39-31-35(23-16-10-4)29-36(32-39)24-17-11-5)46(45)44(42)40-33-37(25-20-14-8-2)30-38(34-40)26-21-15-9-3/h29-34H,7-28H2,1-6H3. The average Bonchev–Trinajstić information content (AvgIpc) is 3.34. The lowest BCUT2D eigenvalue weighted by Crippen LogP contribution is -2.05. The van der Waals surface area contributed by atoms with Crippen LogP contribution in [0.4, 0.5) is 0 Å². The Morgan fingerprint density at radius 2 is 0.674 bits per heavy atom. The van der Waals surface area contributed by atoms with Crippen molar-refractivity contribution in [1.29, 1.82) is 0 Å². The van der Waals surface area contributed by atoms with E-state index in [2.05, 4.69) is 77.9 Å². The van der Waals surface area contributed by atoms with Crippen LogP contribution in [0.2, 0.25) is 0 Å². The van der Waals surface area contributed by atoms with Gasteiger partial charge in [0.15, 0.2) is 0 Å². The summed E-state index contributed by atoms with van der Waals surface area (Å²) in [4.78, 5) is 0. The summed E-state index contributed by atoms with van der Waals surface area (Å²) in [6.07, 6.45) is 26.1. The first-order valence-electron chi connectivity index (χ1n) is 19.7. The Kier molecular flexibility index (Phi) is 17.7. The van der Waals surface area contributed by atoms with Gasteiger partial charge in [-0.05, 0) is 124 Å². The first-order valence-corrected chi connectivity index (χ1v) is 19.7. The van der Waals surface area contributed by atoms with Gasteiger partial charge in [-0.15, -0.1) is 0 Å². The lowest BCUT2D eigenvalue weighted by atomic mass is 9.89. The molecular formula is C44H68N2. The highest BCUT2D eigenvalue weighted by molar-refractivity contribution is 5.82. The number of allylic oxidation sites excluding steroid dienone is 2. The van der Waals surface area contributed by atoms with Gasteiger partial charge in [-0.2, -0.15) is 0 Å². The summed E-state index contributed by atoms with van der Waals surface area (Å²) < 4.78 is 1.66. The van der Waals surface area contributed by atoms with Crippen LogP contribution in [0.3, 0.4) is 0 Å². The molecule has 0 aromatic heterocycles. The molecule has 0 bridgehead atoms. The number of aryl methyl sites for hydroxylation is 4. The van der Waals surface area contributed by atoms with E-state index < -0.39 is 0 Å². The van der Waals surface area contributed by atoms with E-state index in [1.165, 1.54) is 134 Å². The van der Waals surface area contributed by atoms with Crippen molar-refractivity contribution >= 4 is 11.4 Å². The SMILES string of the molecule is CCCCCCC1=C(c2cc(CCCCC)cc(CCCCC)c2)[N+](=[N-])C(c2cc(CCCC)cc(CCCC)c2)=C1CCCC. The van der Waals surface area contributed by atoms with Gasteiger partial charge >= 0.3 is 0 Å². The molecule has 0 radical (unpaired) electrons. The molecule has 0 amide bonds. The Hall–Kier alpha value is -2.48. The summed E-state index contributed by atoms with van der Waals surface area (Å²) in [6, 6.07) is 14.6. The molecule has 1 aliphatic rings. The predicted molar refractivity (Wildman–Crippen MR) is 202 cm³/mol. The van der Waals surface area contributed by atoms with Crippen LogP contribution in [0.25, 0.3) is 16.9 Å². The Morgan fingerprint density at radius 3 is 1.07 bits per heavy atom. The highest BCUT2D eigenvalue weighted by Gasteiger charge is 2.35. The average molecular weight is 625 g/mol. The Morgan fingerprint density at radius 1 is 0.370 bits per heavy atom. The summed E-state index contributed by atoms with van der Waals surface area (Å²) in [6.45, 7) is 13.8. The summed E-state index contributed by atoms with van der Waals surface area (Å²) >= 11 is 0. The Labute approximate surface area is 284 Å². The van der Waals surface area contributed by atoms with Gasteiger partial charge in [-0.3, -0.25) is 0 Å². The number of hydrogen-bond acceptors (Lipinski definition) is 0. The van der Waals surface area contributed by atoms with Crippen molar-refractivity contribution in [2.75, 3.05) is 0 Å². The van der Waals surface area contributed by atoms with E-state index in [0.29, 0.717) is 0 Å². The van der Waals surface area contributed by atoms with E-state index in [1.807, 2.05) is 0 Å². The van der Waals surface area contributed by atoms with Crippen molar-refractivity contribution in [3.63, 3.8) is 0 Å². The van der Waals surface area contributed by atoms with Crippen molar-refractivity contribution < 1.29 is 4.70 Å². The lowest BCUT2D eigenvalue weighted by molar-refractivity contribution is -0.345. The van der Waals surface area contributed by atoms with Crippen LogP contribution in [0.15, 0.2) is 47.5 Å². The molecule has 1 heterocycles. The van der Waals surface area contributed by atoms with Crippen molar-refractivity contribution in [1.82, 2.24) is 0 Å². The van der Waals surface area contributed by atoms with Crippen molar-refractivity contribution in [2.45, 2.75) is 183 Å². The monoisotopic (exact) mass is 625 g/mol. The number of unbranched alkanes of at least 4 members (excludes halogenated alkanes) is 10. The number of nitrogens with zero attached hydrogens (tertiary/aromatic N) is 2. The van der Waals surface area contributed by atoms with Gasteiger partial charge in [0.25, 0.3) is 0 Å². The van der Waals surface area contributed by atoms with Crippen molar-refractivity contribution in [3.05, 3.63) is 86.5 Å². The molecule has 0 saturated carbocycles. The van der Waals surface area contributed by atoms with Crippen molar-refractivity contribution in [2.24, 2.45) is 0 Å². The molecule has 2 heteroatoms. The van der Waals surface area contributed by atoms with Crippen LogP contribution < -0.4 is 0 Å². The maximum atomic E-state index is 12.5. The molecule has 1 aliphatic heterocycles. The van der Waals surface area contributed by atoms with Crippen LogP contribution >= 0.6 is 0 Å². The third kappa shape index (κ3) is 11.3. The minimum atomic E-state index is 1.03. The summed E-state index contributed by atoms with van der Waals surface area (Å²) in [5.74, 6) is 0. The molecular weight excluding hydrogens is 556 g/mol. The molecule has 0 spiro atoms. The third-order valence-electron chi connectivity index (χ3n) is 9.85. The molecule has 0 aliphatic carbocycles. The topological polar surface area (TPSA) is 25.3 Å². The minimum absolute atomic E-state index is 1.03. The van der Waals surface area contributed by atoms with E-state index in [4.69, 9.17) is 0 Å². The molecule has 0 fully saturated rings. The molecule has 2 nitrogen and oxygen atoms in total. The van der Waals surface area contributed by atoms with E-state index in [1.54, 1.807) is 4.70 Å². The Bertz CT molecular complexity index is 1220. The lowest BCUT2D eigenvalue weighted by Gasteiger charge is -2.15. The quantitative estimate of drug-likeness (QED) is 0.0820. The maximum Gasteiger partial charge on any atom is 0.211 e. The minimum Gasteiger partial charge on any atom is -0.493 e. The first kappa shape index (κ1) is 38.0. The third-order valence-corrected chi connectivity index (χ3v) is 9.85. The van der Waals surface area contributed by atoms with E-state index in [0.717, 1.165) is 62.8 Å². The number of hydrogen-bond donors (Lipinski definition) is 0. The van der Waals surface area contributed by atoms with E-state index in [9.17, 15) is 5.53 Å². The zero-order valence-electron chi connectivity index (χ0n) is 30.9. The van der Waals surface area contributed by atoms with Crippen LogP contribution in [0.1, 0.15) is 190 Å². The van der Waals surface area contributed by atoms with Gasteiger partial charge in [-0.1, -0.05) is 118 Å². The van der Waals surface area contributed by atoms with Gasteiger partial charge in [0.1, 0.15) is 0 Å². The predicted octanol–water partition coefficient (Wildman–Crippen LogP) is 14.2. The van der Waals surface area contributed by atoms with Gasteiger partial charge in [0.05, 0.1) is 0 Å². The molecule has 3 rings (SSSR count). The largest absolute Gasteiger partial charge is 0.493 e.